The molecule has 35 heavy (non-hydrogen) atoms. The number of halogens is 1. The van der Waals surface area contributed by atoms with Crippen molar-refractivity contribution < 1.29 is 9.94 Å². The second-order valence-electron chi connectivity index (χ2n) is 8.37. The molecule has 0 amide bonds. The minimum absolute atomic E-state index is 0.360. The molecule has 0 aliphatic carbocycles. The molecule has 3 aromatic rings. The van der Waals surface area contributed by atoms with Crippen LogP contribution in [0.2, 0.25) is 5.02 Å². The fraction of sp³-hybridized carbons (Fsp3) is 0.231. The first-order chi connectivity index (χ1) is 17.1. The lowest BCUT2D eigenvalue weighted by Crippen LogP contribution is -2.43. The number of nitrogens with one attached hydrogen (secondary N) is 1. The Morgan fingerprint density at radius 2 is 2.11 bits per heavy atom. The number of hydrogen-bond acceptors (Lipinski definition) is 5. The zero-order valence-corrected chi connectivity index (χ0v) is 20.6. The van der Waals surface area contributed by atoms with Crippen LogP contribution in [0.5, 0.6) is 0 Å². The number of piperidine rings is 1. The van der Waals surface area contributed by atoms with Gasteiger partial charge in [0, 0.05) is 56.9 Å². The van der Waals surface area contributed by atoms with Crippen LogP contribution in [-0.2, 0) is 12.3 Å². The molecule has 2 N–H and O–H groups in total. The number of hydrogen-bond donors (Lipinski definition) is 2. The second-order valence-corrected chi connectivity index (χ2v) is 9.83. The molecule has 0 radical (unpaired) electrons. The van der Waals surface area contributed by atoms with E-state index in [9.17, 15) is 10.5 Å². The molecule has 2 aliphatic heterocycles. The zero-order valence-electron chi connectivity index (χ0n) is 19.0. The quantitative estimate of drug-likeness (QED) is 0.135. The van der Waals surface area contributed by atoms with Gasteiger partial charge in [-0.05, 0) is 48.2 Å². The van der Waals surface area contributed by atoms with Gasteiger partial charge in [-0.25, -0.2) is 4.99 Å². The lowest BCUT2D eigenvalue weighted by Gasteiger charge is -2.31. The van der Waals surface area contributed by atoms with Crippen molar-refractivity contribution in [1.29, 1.82) is 5.26 Å². The van der Waals surface area contributed by atoms with Gasteiger partial charge >= 0.3 is 0 Å². The van der Waals surface area contributed by atoms with E-state index in [1.54, 1.807) is 30.2 Å². The Balaban J connectivity index is 1.44. The lowest BCUT2D eigenvalue weighted by atomic mass is 9.89. The summed E-state index contributed by atoms with van der Waals surface area (Å²) in [5.41, 5.74) is 6.88. The highest BCUT2D eigenvalue weighted by atomic mass is 35.5. The van der Waals surface area contributed by atoms with Crippen LogP contribution in [-0.4, -0.2) is 34.1 Å². The minimum atomic E-state index is 0.360. The number of aliphatic imine (C=N–C) groups is 1. The molecule has 0 bridgehead atoms. The van der Waals surface area contributed by atoms with Crippen molar-refractivity contribution in [3.63, 3.8) is 0 Å². The molecule has 1 aromatic carbocycles. The summed E-state index contributed by atoms with van der Waals surface area (Å²) in [6.07, 6.45) is 8.70. The van der Waals surface area contributed by atoms with Crippen LogP contribution in [0.15, 0.2) is 76.5 Å². The molecule has 2 aromatic heterocycles. The van der Waals surface area contributed by atoms with Gasteiger partial charge in [0.15, 0.2) is 6.19 Å². The maximum absolute atomic E-state index is 9.63. The Morgan fingerprint density at radius 1 is 1.26 bits per heavy atom. The van der Waals surface area contributed by atoms with E-state index in [1.165, 1.54) is 27.2 Å². The number of nitriles is 1. The molecule has 0 saturated carbocycles. The number of rotatable bonds is 2. The summed E-state index contributed by atoms with van der Waals surface area (Å²) in [6.45, 7) is 1.83. The van der Waals surface area contributed by atoms with Gasteiger partial charge in [-0.15, -0.1) is 11.8 Å². The van der Waals surface area contributed by atoms with E-state index in [0.717, 1.165) is 52.7 Å². The van der Waals surface area contributed by atoms with Crippen molar-refractivity contribution in [1.82, 2.24) is 15.2 Å². The second kappa shape index (κ2) is 10.4. The molecule has 5 rings (SSSR count). The summed E-state index contributed by atoms with van der Waals surface area (Å²) in [4.78, 5) is 12.7. The van der Waals surface area contributed by atoms with Gasteiger partial charge in [0.2, 0.25) is 18.4 Å². The Hall–Kier alpha value is -3.54. The first-order valence-corrected chi connectivity index (χ1v) is 12.7. The monoisotopic (exact) mass is 503 g/mol. The van der Waals surface area contributed by atoms with Gasteiger partial charge in [-0.3, -0.25) is 15.5 Å². The molecule has 7 nitrogen and oxygen atoms in total. The predicted octanol–water partition coefficient (Wildman–Crippen LogP) is 4.39. The van der Waals surface area contributed by atoms with Crippen molar-refractivity contribution in [2.75, 3.05) is 13.1 Å². The highest BCUT2D eigenvalue weighted by Crippen LogP contribution is 2.43. The Bertz CT molecular complexity index is 1360. The Kier molecular flexibility index (Phi) is 6.89. The smallest absolute Gasteiger partial charge is 0.227 e. The molecule has 1 fully saturated rings. The third kappa shape index (κ3) is 5.11. The van der Waals surface area contributed by atoms with Crippen molar-refractivity contribution in [2.45, 2.75) is 30.0 Å². The number of pyridine rings is 2. The average Bonchev–Trinajstić information content (AvgIpc) is 3.03. The van der Waals surface area contributed by atoms with E-state index in [4.69, 9.17) is 16.6 Å². The maximum Gasteiger partial charge on any atom is 0.227 e. The summed E-state index contributed by atoms with van der Waals surface area (Å²) < 4.78 is 1.00. The predicted molar refractivity (Wildman–Crippen MR) is 136 cm³/mol. The van der Waals surface area contributed by atoms with Crippen LogP contribution in [0.1, 0.15) is 35.2 Å². The normalized spacial score (nSPS) is 15.7. The molecule has 1 saturated heterocycles. The van der Waals surface area contributed by atoms with Crippen LogP contribution in [0.3, 0.4) is 0 Å². The third-order valence-corrected chi connectivity index (χ3v) is 7.51. The Labute approximate surface area is 213 Å². The lowest BCUT2D eigenvalue weighted by molar-refractivity contribution is -0.905. The maximum atomic E-state index is 9.63. The first-order valence-electron chi connectivity index (χ1n) is 11.4. The van der Waals surface area contributed by atoms with Crippen molar-refractivity contribution in [2.24, 2.45) is 4.99 Å². The van der Waals surface area contributed by atoms with Gasteiger partial charge in [0.1, 0.15) is 0 Å². The van der Waals surface area contributed by atoms with Crippen LogP contribution < -0.4 is 10.0 Å². The van der Waals surface area contributed by atoms with E-state index < -0.39 is 0 Å². The molecule has 0 unspecified atom stereocenters. The number of nitrogens with zero attached hydrogens (tertiary/aromatic N) is 5. The van der Waals surface area contributed by atoms with Crippen molar-refractivity contribution in [3.8, 4) is 6.19 Å². The highest BCUT2D eigenvalue weighted by Gasteiger charge is 2.26. The molecule has 0 atom stereocenters. The number of thioether (sulfide) groups is 1. The fourth-order valence-corrected chi connectivity index (χ4v) is 5.84. The number of guanidine groups is 1. The van der Waals surface area contributed by atoms with Gasteiger partial charge in [-0.1, -0.05) is 29.3 Å². The van der Waals surface area contributed by atoms with Crippen molar-refractivity contribution >= 4 is 34.9 Å². The minimum Gasteiger partial charge on any atom is -0.342 e. The topological polar surface area (TPSA) is 88.4 Å². The van der Waals surface area contributed by atoms with E-state index in [1.807, 2.05) is 36.7 Å². The van der Waals surface area contributed by atoms with E-state index in [0.29, 0.717) is 12.5 Å². The van der Waals surface area contributed by atoms with E-state index in [2.05, 4.69) is 27.3 Å². The van der Waals surface area contributed by atoms with Crippen LogP contribution in [0.25, 0.3) is 5.57 Å². The van der Waals surface area contributed by atoms with E-state index >= 15 is 0 Å². The van der Waals surface area contributed by atoms with Crippen molar-refractivity contribution in [3.05, 3.63) is 94.0 Å². The summed E-state index contributed by atoms with van der Waals surface area (Å²) in [6, 6.07) is 13.9. The van der Waals surface area contributed by atoms with Crippen LogP contribution >= 0.6 is 23.4 Å². The molecule has 4 heterocycles. The number of aromatic nitrogens is 2. The first kappa shape index (κ1) is 23.2. The molecular formula is C26H24ClN6OS+. The molecule has 176 valence electrons. The SMILES string of the molecule is N#CNC(=NCc1ccc[n+](O)c1)N1CCC(=C2c3ccc(Cl)cc3SCc3cccnc32)CC1. The number of fused-ring (bicyclic) bond motifs is 2. The van der Waals surface area contributed by atoms with Gasteiger partial charge in [0.05, 0.1) is 12.2 Å². The average molecular weight is 504 g/mol. The fourth-order valence-electron chi connectivity index (χ4n) is 4.52. The van der Waals surface area contributed by atoms with Crippen LogP contribution in [0, 0.1) is 11.5 Å². The molecule has 0 spiro atoms. The Morgan fingerprint density at radius 3 is 2.91 bits per heavy atom. The highest BCUT2D eigenvalue weighted by molar-refractivity contribution is 7.98. The van der Waals surface area contributed by atoms with Crippen LogP contribution in [0.4, 0.5) is 0 Å². The molecule has 9 heteroatoms. The third-order valence-electron chi connectivity index (χ3n) is 6.17. The molecular weight excluding hydrogens is 480 g/mol. The summed E-state index contributed by atoms with van der Waals surface area (Å²) in [5, 5.41) is 22.4. The summed E-state index contributed by atoms with van der Waals surface area (Å²) >= 11 is 8.13. The number of likely N-dealkylation sites (tertiary alicyclic amines) is 1. The molecule has 2 aliphatic rings. The number of benzene rings is 1. The summed E-state index contributed by atoms with van der Waals surface area (Å²) in [7, 11) is 0. The van der Waals surface area contributed by atoms with Gasteiger partial charge in [-0.2, -0.15) is 5.26 Å². The van der Waals surface area contributed by atoms with Gasteiger partial charge in [0.25, 0.3) is 0 Å². The largest absolute Gasteiger partial charge is 0.342 e. The standard InChI is InChI=1S/C26H24ClN6OS/c27-21-5-6-22-23(13-21)35-16-20-4-1-9-29-25(20)24(22)19-7-11-32(12-8-19)26(31-17-28)30-14-18-3-2-10-33(34)15-18/h1-6,9-10,13,15,34H,7-8,11-12,14,16H2,(H,30,31)/q+1. The summed E-state index contributed by atoms with van der Waals surface area (Å²) in [5.74, 6) is 1.40. The zero-order chi connectivity index (χ0) is 24.2. The van der Waals surface area contributed by atoms with E-state index in [-0.39, 0.29) is 0 Å². The van der Waals surface area contributed by atoms with Gasteiger partial charge < -0.3 is 4.90 Å².